The van der Waals surface area contributed by atoms with Crippen LogP contribution in [-0.2, 0) is 15.6 Å². The van der Waals surface area contributed by atoms with Crippen molar-refractivity contribution in [1.29, 1.82) is 0 Å². The van der Waals surface area contributed by atoms with Gasteiger partial charge in [0.25, 0.3) is 5.91 Å². The largest absolute Gasteiger partial charge is 0.426 e. The Morgan fingerprint density at radius 3 is 2.77 bits per heavy atom. The number of para-hydroxylation sites is 1. The molecule has 1 unspecified atom stereocenters. The first-order valence-corrected chi connectivity index (χ1v) is 8.63. The molecule has 1 amide bonds. The zero-order valence-corrected chi connectivity index (χ0v) is 13.6. The van der Waals surface area contributed by atoms with E-state index in [1.807, 2.05) is 0 Å². The molecule has 0 saturated heterocycles. The summed E-state index contributed by atoms with van der Waals surface area (Å²) in [4.78, 5) is 27.4. The van der Waals surface area contributed by atoms with E-state index in [0.717, 1.165) is 0 Å². The highest BCUT2D eigenvalue weighted by Gasteiger charge is 2.16. The summed E-state index contributed by atoms with van der Waals surface area (Å²) in [6.45, 7) is 3.06. The van der Waals surface area contributed by atoms with Crippen molar-refractivity contribution in [3.05, 3.63) is 35.2 Å². The Kier molecular flexibility index (Phi) is 5.40. The lowest BCUT2D eigenvalue weighted by Crippen LogP contribution is -2.14. The lowest BCUT2D eigenvalue weighted by atomic mass is 10.2. The highest BCUT2D eigenvalue weighted by Crippen LogP contribution is 2.22. The zero-order chi connectivity index (χ0) is 16.1. The number of benzene rings is 1. The minimum absolute atomic E-state index is 0.182. The van der Waals surface area contributed by atoms with Gasteiger partial charge in [-0.3, -0.25) is 19.1 Å². The van der Waals surface area contributed by atoms with Gasteiger partial charge >= 0.3 is 5.97 Å². The molecule has 116 valence electrons. The second-order valence-corrected chi connectivity index (χ2v) is 6.71. The molecule has 0 bridgehead atoms. The van der Waals surface area contributed by atoms with Gasteiger partial charge in [-0.2, -0.15) is 0 Å². The SMILES string of the molecule is CCS(=O)c1csc(NC(=O)c2ccccc2OC(C)=O)n1. The molecule has 0 fully saturated rings. The van der Waals surface area contributed by atoms with Gasteiger partial charge in [-0.25, -0.2) is 4.98 Å². The Morgan fingerprint density at radius 1 is 1.36 bits per heavy atom. The van der Waals surface area contributed by atoms with Crippen molar-refractivity contribution < 1.29 is 18.5 Å². The fourth-order valence-electron chi connectivity index (χ4n) is 1.63. The van der Waals surface area contributed by atoms with Crippen LogP contribution >= 0.6 is 11.3 Å². The number of hydrogen-bond donors (Lipinski definition) is 1. The average Bonchev–Trinajstić information content (AvgIpc) is 2.94. The topological polar surface area (TPSA) is 85.4 Å². The predicted molar refractivity (Wildman–Crippen MR) is 84.8 cm³/mol. The maximum absolute atomic E-state index is 12.3. The van der Waals surface area contributed by atoms with Crippen LogP contribution in [0.2, 0.25) is 0 Å². The molecule has 1 N–H and O–H groups in total. The zero-order valence-electron chi connectivity index (χ0n) is 12.0. The van der Waals surface area contributed by atoms with Gasteiger partial charge in [0, 0.05) is 18.1 Å². The number of rotatable bonds is 5. The summed E-state index contributed by atoms with van der Waals surface area (Å²) < 4.78 is 16.6. The molecule has 6 nitrogen and oxygen atoms in total. The van der Waals surface area contributed by atoms with Crippen molar-refractivity contribution in [3.8, 4) is 5.75 Å². The van der Waals surface area contributed by atoms with Crippen LogP contribution in [0.4, 0.5) is 5.13 Å². The number of amides is 1. The van der Waals surface area contributed by atoms with E-state index in [1.165, 1.54) is 24.3 Å². The van der Waals surface area contributed by atoms with Crippen LogP contribution in [0.1, 0.15) is 24.2 Å². The van der Waals surface area contributed by atoms with E-state index in [2.05, 4.69) is 10.3 Å². The van der Waals surface area contributed by atoms with Gasteiger partial charge in [0.05, 0.1) is 16.4 Å². The van der Waals surface area contributed by atoms with Crippen LogP contribution in [0.3, 0.4) is 0 Å². The molecule has 1 aromatic carbocycles. The molecular weight excluding hydrogens is 324 g/mol. The van der Waals surface area contributed by atoms with Crippen LogP contribution in [0.15, 0.2) is 34.7 Å². The number of esters is 1. The van der Waals surface area contributed by atoms with Crippen molar-refractivity contribution in [2.45, 2.75) is 18.9 Å². The molecule has 0 radical (unpaired) electrons. The molecule has 2 aromatic rings. The molecule has 0 saturated carbocycles. The smallest absolute Gasteiger partial charge is 0.308 e. The van der Waals surface area contributed by atoms with E-state index in [0.29, 0.717) is 15.9 Å². The van der Waals surface area contributed by atoms with Crippen LogP contribution in [0.25, 0.3) is 0 Å². The van der Waals surface area contributed by atoms with E-state index in [-0.39, 0.29) is 11.3 Å². The van der Waals surface area contributed by atoms with Crippen molar-refractivity contribution in [2.24, 2.45) is 0 Å². The Balaban J connectivity index is 2.17. The van der Waals surface area contributed by atoms with Gasteiger partial charge in [0.15, 0.2) is 5.13 Å². The van der Waals surface area contributed by atoms with E-state index in [9.17, 15) is 13.8 Å². The number of nitrogens with one attached hydrogen (secondary N) is 1. The normalized spacial score (nSPS) is 11.7. The number of ether oxygens (including phenoxy) is 1. The number of aromatic nitrogens is 1. The molecule has 0 spiro atoms. The molecule has 0 aliphatic carbocycles. The highest BCUT2D eigenvalue weighted by molar-refractivity contribution is 7.85. The summed E-state index contributed by atoms with van der Waals surface area (Å²) in [5.41, 5.74) is 0.228. The second kappa shape index (κ2) is 7.28. The Morgan fingerprint density at radius 2 is 2.09 bits per heavy atom. The Bertz CT molecular complexity index is 727. The molecule has 1 heterocycles. The summed E-state index contributed by atoms with van der Waals surface area (Å²) in [5.74, 6) is -0.302. The lowest BCUT2D eigenvalue weighted by molar-refractivity contribution is -0.131. The minimum Gasteiger partial charge on any atom is -0.426 e. The number of nitrogens with zero attached hydrogens (tertiary/aromatic N) is 1. The van der Waals surface area contributed by atoms with E-state index >= 15 is 0 Å². The number of carbonyl (C=O) groups is 2. The molecule has 0 aliphatic rings. The molecule has 8 heteroatoms. The van der Waals surface area contributed by atoms with Crippen LogP contribution < -0.4 is 10.1 Å². The fraction of sp³-hybridized carbons (Fsp3) is 0.214. The van der Waals surface area contributed by atoms with Crippen molar-refractivity contribution in [3.63, 3.8) is 0 Å². The van der Waals surface area contributed by atoms with Crippen LogP contribution in [0.5, 0.6) is 5.75 Å². The van der Waals surface area contributed by atoms with Crippen LogP contribution in [0, 0.1) is 0 Å². The summed E-state index contributed by atoms with van der Waals surface area (Å²) in [6, 6.07) is 6.42. The molecular formula is C14H14N2O4S2. The first kappa shape index (κ1) is 16.3. The monoisotopic (exact) mass is 338 g/mol. The minimum atomic E-state index is -1.16. The lowest BCUT2D eigenvalue weighted by Gasteiger charge is -2.07. The third-order valence-electron chi connectivity index (χ3n) is 2.58. The summed E-state index contributed by atoms with van der Waals surface area (Å²) in [5, 5.41) is 5.05. The first-order chi connectivity index (χ1) is 10.5. The van der Waals surface area contributed by atoms with Gasteiger partial charge in [0.1, 0.15) is 10.8 Å². The van der Waals surface area contributed by atoms with Gasteiger partial charge in [-0.15, -0.1) is 11.3 Å². The van der Waals surface area contributed by atoms with Crippen LogP contribution in [-0.4, -0.2) is 26.8 Å². The summed E-state index contributed by atoms with van der Waals surface area (Å²) >= 11 is 1.19. The quantitative estimate of drug-likeness (QED) is 0.668. The summed E-state index contributed by atoms with van der Waals surface area (Å²) in [6.07, 6.45) is 0. The van der Waals surface area contributed by atoms with Crippen molar-refractivity contribution in [1.82, 2.24) is 4.98 Å². The van der Waals surface area contributed by atoms with E-state index in [4.69, 9.17) is 4.74 Å². The molecule has 1 atom stereocenters. The van der Waals surface area contributed by atoms with Gasteiger partial charge in [0.2, 0.25) is 0 Å². The summed E-state index contributed by atoms with van der Waals surface area (Å²) in [7, 11) is -1.16. The molecule has 1 aromatic heterocycles. The highest BCUT2D eigenvalue weighted by atomic mass is 32.2. The third kappa shape index (κ3) is 3.99. The number of hydrogen-bond acceptors (Lipinski definition) is 6. The molecule has 2 rings (SSSR count). The fourth-order valence-corrected chi connectivity index (χ4v) is 3.32. The second-order valence-electron chi connectivity index (χ2n) is 4.17. The maximum Gasteiger partial charge on any atom is 0.308 e. The standard InChI is InChI=1S/C14H14N2O4S2/c1-3-22(19)12-8-21-14(15-12)16-13(18)10-6-4-5-7-11(10)20-9(2)17/h4-8H,3H2,1-2H3,(H,15,16,18). The number of thiazole rings is 1. The number of anilines is 1. The Labute approximate surface area is 134 Å². The third-order valence-corrected chi connectivity index (χ3v) is 4.69. The van der Waals surface area contributed by atoms with Gasteiger partial charge in [-0.1, -0.05) is 19.1 Å². The van der Waals surface area contributed by atoms with Crippen molar-refractivity contribution >= 4 is 39.1 Å². The van der Waals surface area contributed by atoms with Gasteiger partial charge < -0.3 is 4.74 Å². The number of carbonyl (C=O) groups excluding carboxylic acids is 2. The maximum atomic E-state index is 12.3. The van der Waals surface area contributed by atoms with E-state index in [1.54, 1.807) is 30.5 Å². The molecule has 0 aliphatic heterocycles. The average molecular weight is 338 g/mol. The first-order valence-electron chi connectivity index (χ1n) is 6.44. The Hall–Kier alpha value is -2.06. The van der Waals surface area contributed by atoms with Crippen molar-refractivity contribution in [2.75, 3.05) is 11.1 Å². The van der Waals surface area contributed by atoms with E-state index < -0.39 is 22.7 Å². The predicted octanol–water partition coefficient (Wildman–Crippen LogP) is 2.45. The van der Waals surface area contributed by atoms with Gasteiger partial charge in [-0.05, 0) is 12.1 Å². The molecule has 22 heavy (non-hydrogen) atoms.